The summed E-state index contributed by atoms with van der Waals surface area (Å²) in [6.45, 7) is 6.17. The van der Waals surface area contributed by atoms with Gasteiger partial charge in [0.25, 0.3) is 0 Å². The minimum Gasteiger partial charge on any atom is -0.343 e. The smallest absolute Gasteiger partial charge is 0.173 e. The van der Waals surface area contributed by atoms with Crippen LogP contribution in [0.4, 0.5) is 5.69 Å². The van der Waals surface area contributed by atoms with Gasteiger partial charge < -0.3 is 10.2 Å². The van der Waals surface area contributed by atoms with Crippen LogP contribution in [-0.2, 0) is 0 Å². The highest BCUT2D eigenvalue weighted by Crippen LogP contribution is 2.31. The normalized spacial score (nSPS) is 12.2. The second-order valence-electron chi connectivity index (χ2n) is 6.18. The molecule has 3 nitrogen and oxygen atoms in total. The SMILES string of the molecule is Cc1cc(C)c(NC(=S)N(C)[C@H](C)c2nc3ccccc3s2)c(Cl)c1. The predicted octanol–water partition coefficient (Wildman–Crippen LogP) is 5.96. The lowest BCUT2D eigenvalue weighted by molar-refractivity contribution is 0.407. The van der Waals surface area contributed by atoms with E-state index < -0.39 is 0 Å². The van der Waals surface area contributed by atoms with Crippen molar-refractivity contribution in [3.8, 4) is 0 Å². The van der Waals surface area contributed by atoms with Crippen LogP contribution in [0.5, 0.6) is 0 Å². The molecular formula is C19H20ClN3S2. The Labute approximate surface area is 162 Å². The van der Waals surface area contributed by atoms with Gasteiger partial charge in [-0.1, -0.05) is 29.8 Å². The third kappa shape index (κ3) is 3.78. The molecule has 25 heavy (non-hydrogen) atoms. The van der Waals surface area contributed by atoms with E-state index in [9.17, 15) is 0 Å². The van der Waals surface area contributed by atoms with Crippen molar-refractivity contribution in [2.24, 2.45) is 0 Å². The number of nitrogens with zero attached hydrogens (tertiary/aromatic N) is 2. The molecule has 0 radical (unpaired) electrons. The lowest BCUT2D eigenvalue weighted by atomic mass is 10.1. The molecular weight excluding hydrogens is 370 g/mol. The van der Waals surface area contributed by atoms with E-state index >= 15 is 0 Å². The van der Waals surface area contributed by atoms with Crippen LogP contribution in [0.25, 0.3) is 10.2 Å². The zero-order valence-corrected chi connectivity index (χ0v) is 17.0. The van der Waals surface area contributed by atoms with E-state index in [1.54, 1.807) is 11.3 Å². The van der Waals surface area contributed by atoms with Gasteiger partial charge in [0.15, 0.2) is 5.11 Å². The second-order valence-corrected chi connectivity index (χ2v) is 8.03. The molecule has 130 valence electrons. The number of hydrogen-bond donors (Lipinski definition) is 1. The highest BCUT2D eigenvalue weighted by molar-refractivity contribution is 7.80. The van der Waals surface area contributed by atoms with Crippen molar-refractivity contribution in [3.05, 3.63) is 57.6 Å². The summed E-state index contributed by atoms with van der Waals surface area (Å²) >= 11 is 13.7. The van der Waals surface area contributed by atoms with Crippen LogP contribution in [0.1, 0.15) is 29.1 Å². The van der Waals surface area contributed by atoms with E-state index in [0.717, 1.165) is 27.3 Å². The van der Waals surface area contributed by atoms with Crippen molar-refractivity contribution < 1.29 is 0 Å². The molecule has 1 atom stereocenters. The molecule has 0 aliphatic carbocycles. The second kappa shape index (κ2) is 7.28. The average Bonchev–Trinajstić information content (AvgIpc) is 3.00. The zero-order valence-electron chi connectivity index (χ0n) is 14.6. The summed E-state index contributed by atoms with van der Waals surface area (Å²) in [7, 11) is 1.98. The molecule has 2 aromatic carbocycles. The largest absolute Gasteiger partial charge is 0.343 e. The third-order valence-electron chi connectivity index (χ3n) is 4.23. The number of para-hydroxylation sites is 1. The van der Waals surface area contributed by atoms with E-state index in [1.807, 2.05) is 50.1 Å². The number of thiazole rings is 1. The van der Waals surface area contributed by atoms with Crippen LogP contribution in [0.3, 0.4) is 0 Å². The van der Waals surface area contributed by atoms with Crippen LogP contribution in [-0.4, -0.2) is 22.0 Å². The molecule has 0 unspecified atom stereocenters. The third-order valence-corrected chi connectivity index (χ3v) is 6.13. The maximum atomic E-state index is 6.38. The zero-order chi connectivity index (χ0) is 18.1. The number of nitrogens with one attached hydrogen (secondary N) is 1. The number of aryl methyl sites for hydroxylation is 2. The van der Waals surface area contributed by atoms with Crippen molar-refractivity contribution in [1.82, 2.24) is 9.88 Å². The van der Waals surface area contributed by atoms with Gasteiger partial charge in [-0.15, -0.1) is 11.3 Å². The summed E-state index contributed by atoms with van der Waals surface area (Å²) in [4.78, 5) is 6.75. The van der Waals surface area contributed by atoms with Gasteiger partial charge >= 0.3 is 0 Å². The van der Waals surface area contributed by atoms with E-state index in [4.69, 9.17) is 28.8 Å². The Morgan fingerprint density at radius 1 is 1.28 bits per heavy atom. The molecule has 6 heteroatoms. The summed E-state index contributed by atoms with van der Waals surface area (Å²) in [5.74, 6) is 0. The fourth-order valence-corrected chi connectivity index (χ4v) is 4.37. The van der Waals surface area contributed by atoms with Crippen LogP contribution in [0, 0.1) is 13.8 Å². The Morgan fingerprint density at radius 2 is 2.00 bits per heavy atom. The number of fused-ring (bicyclic) bond motifs is 1. The van der Waals surface area contributed by atoms with Crippen LogP contribution in [0.15, 0.2) is 36.4 Å². The average molecular weight is 390 g/mol. The first kappa shape index (κ1) is 18.1. The molecule has 3 aromatic rings. The topological polar surface area (TPSA) is 28.2 Å². The maximum Gasteiger partial charge on any atom is 0.173 e. The number of benzene rings is 2. The number of thiocarbonyl (C=S) groups is 1. The molecule has 0 saturated heterocycles. The van der Waals surface area contributed by atoms with Crippen LogP contribution in [0.2, 0.25) is 5.02 Å². The Balaban J connectivity index is 1.80. The minimum atomic E-state index is 0.0712. The molecule has 1 aromatic heterocycles. The lowest BCUT2D eigenvalue weighted by Gasteiger charge is -2.27. The first-order valence-corrected chi connectivity index (χ1v) is 9.63. The molecule has 0 amide bonds. The molecule has 0 bridgehead atoms. The highest BCUT2D eigenvalue weighted by atomic mass is 35.5. The molecule has 3 rings (SSSR count). The first-order valence-electron chi connectivity index (χ1n) is 8.03. The fraction of sp³-hybridized carbons (Fsp3) is 0.263. The molecule has 0 saturated carbocycles. The first-order chi connectivity index (χ1) is 11.9. The van der Waals surface area contributed by atoms with E-state index in [1.165, 1.54) is 4.70 Å². The minimum absolute atomic E-state index is 0.0712. The standard InChI is InChI=1S/C19H20ClN3S2/c1-11-9-12(2)17(14(20)10-11)22-19(24)23(4)13(3)18-21-15-7-5-6-8-16(15)25-18/h5-10,13H,1-4H3,(H,22,24)/t13-/m1/s1. The van der Waals surface area contributed by atoms with Crippen molar-refractivity contribution in [2.75, 3.05) is 12.4 Å². The van der Waals surface area contributed by atoms with Gasteiger partial charge in [0.2, 0.25) is 0 Å². The number of hydrogen-bond acceptors (Lipinski definition) is 3. The van der Waals surface area contributed by atoms with Gasteiger partial charge in [0.1, 0.15) is 5.01 Å². The van der Waals surface area contributed by atoms with Crippen LogP contribution < -0.4 is 5.32 Å². The summed E-state index contributed by atoms with van der Waals surface area (Å²) in [6.07, 6.45) is 0. The van der Waals surface area contributed by atoms with E-state index in [2.05, 4.69) is 24.4 Å². The molecule has 1 N–H and O–H groups in total. The fourth-order valence-electron chi connectivity index (χ4n) is 2.68. The Morgan fingerprint density at radius 3 is 2.68 bits per heavy atom. The summed E-state index contributed by atoms with van der Waals surface area (Å²) < 4.78 is 1.19. The van der Waals surface area contributed by atoms with Gasteiger partial charge in [-0.3, -0.25) is 0 Å². The number of anilines is 1. The maximum absolute atomic E-state index is 6.38. The van der Waals surface area contributed by atoms with Crippen LogP contribution >= 0.6 is 35.2 Å². The van der Waals surface area contributed by atoms with E-state index in [0.29, 0.717) is 10.1 Å². The highest BCUT2D eigenvalue weighted by Gasteiger charge is 2.19. The van der Waals surface area contributed by atoms with Gasteiger partial charge in [0.05, 0.1) is 27.0 Å². The Hall–Kier alpha value is -1.69. The summed E-state index contributed by atoms with van der Waals surface area (Å²) in [6, 6.07) is 12.3. The molecule has 0 fully saturated rings. The summed E-state index contributed by atoms with van der Waals surface area (Å²) in [5.41, 5.74) is 4.10. The Bertz CT molecular complexity index is 879. The predicted molar refractivity (Wildman–Crippen MR) is 113 cm³/mol. The number of aromatic nitrogens is 1. The number of rotatable bonds is 3. The molecule has 0 aliphatic heterocycles. The summed E-state index contributed by atoms with van der Waals surface area (Å²) in [5, 5.41) is 5.64. The van der Waals surface area contributed by atoms with Crippen molar-refractivity contribution in [1.29, 1.82) is 0 Å². The molecule has 0 spiro atoms. The van der Waals surface area contributed by atoms with Crippen molar-refractivity contribution in [2.45, 2.75) is 26.8 Å². The molecule has 0 aliphatic rings. The quantitative estimate of drug-likeness (QED) is 0.559. The molecule has 1 heterocycles. The number of halogens is 1. The van der Waals surface area contributed by atoms with E-state index in [-0.39, 0.29) is 6.04 Å². The van der Waals surface area contributed by atoms with Gasteiger partial charge in [-0.2, -0.15) is 0 Å². The lowest BCUT2D eigenvalue weighted by Crippen LogP contribution is -2.33. The van der Waals surface area contributed by atoms with Gasteiger partial charge in [-0.05, 0) is 62.3 Å². The monoisotopic (exact) mass is 389 g/mol. The van der Waals surface area contributed by atoms with Gasteiger partial charge in [0, 0.05) is 7.05 Å². The van der Waals surface area contributed by atoms with Crippen molar-refractivity contribution in [3.63, 3.8) is 0 Å². The van der Waals surface area contributed by atoms with Gasteiger partial charge in [-0.25, -0.2) is 4.98 Å². The van der Waals surface area contributed by atoms with Crippen molar-refractivity contribution >= 4 is 56.2 Å². The Kier molecular flexibility index (Phi) is 5.27.